The normalized spacial score (nSPS) is 11.8. The highest BCUT2D eigenvalue weighted by Crippen LogP contribution is 2.22. The van der Waals surface area contributed by atoms with E-state index < -0.39 is 0 Å². The van der Waals surface area contributed by atoms with Gasteiger partial charge < -0.3 is 8.98 Å². The summed E-state index contributed by atoms with van der Waals surface area (Å²) in [5.74, 6) is 0.458. The van der Waals surface area contributed by atoms with E-state index in [0.29, 0.717) is 5.69 Å². The van der Waals surface area contributed by atoms with Crippen molar-refractivity contribution in [1.29, 1.82) is 0 Å². The average Bonchev–Trinajstić information content (AvgIpc) is 3.32. The standard InChI is InChI=1S/C21H17FN2OS/c22-17-9-4-5-10-18(17)23-21-24(13-12-16-7-2-1-3-8-16)19(15-26-21)20-11-6-14-25-20/h1-11,14-15H,12-13H2. The molecule has 0 spiro atoms. The van der Waals surface area contributed by atoms with Gasteiger partial charge in [-0.15, -0.1) is 11.3 Å². The lowest BCUT2D eigenvalue weighted by Crippen LogP contribution is -2.17. The lowest BCUT2D eigenvalue weighted by molar-refractivity contribution is 0.568. The van der Waals surface area contributed by atoms with Crippen molar-refractivity contribution in [2.45, 2.75) is 13.0 Å². The molecule has 2 aromatic heterocycles. The zero-order valence-corrected chi connectivity index (χ0v) is 14.8. The third kappa shape index (κ3) is 3.53. The minimum Gasteiger partial charge on any atom is -0.463 e. The Bertz CT molecular complexity index is 1050. The summed E-state index contributed by atoms with van der Waals surface area (Å²) in [6.07, 6.45) is 2.51. The molecular weight excluding hydrogens is 347 g/mol. The van der Waals surface area contributed by atoms with Gasteiger partial charge in [0.2, 0.25) is 0 Å². The molecule has 5 heteroatoms. The molecule has 0 fully saturated rings. The predicted molar refractivity (Wildman–Crippen MR) is 102 cm³/mol. The van der Waals surface area contributed by atoms with E-state index in [-0.39, 0.29) is 5.82 Å². The SMILES string of the molecule is Fc1ccccc1N=c1scc(-c2ccco2)n1CCc1ccccc1. The lowest BCUT2D eigenvalue weighted by atomic mass is 10.1. The van der Waals surface area contributed by atoms with Gasteiger partial charge in [0.1, 0.15) is 11.5 Å². The van der Waals surface area contributed by atoms with Crippen LogP contribution in [-0.4, -0.2) is 4.57 Å². The number of benzene rings is 2. The van der Waals surface area contributed by atoms with E-state index in [1.54, 1.807) is 24.5 Å². The Morgan fingerprint density at radius 3 is 2.54 bits per heavy atom. The Balaban J connectivity index is 1.76. The first-order chi connectivity index (χ1) is 12.8. The minimum absolute atomic E-state index is 0.324. The minimum atomic E-state index is -0.324. The van der Waals surface area contributed by atoms with Gasteiger partial charge in [-0.25, -0.2) is 9.38 Å². The number of aromatic nitrogens is 1. The molecule has 0 aliphatic heterocycles. The number of furan rings is 1. The Morgan fingerprint density at radius 1 is 0.962 bits per heavy atom. The van der Waals surface area contributed by atoms with Crippen LogP contribution in [0.5, 0.6) is 0 Å². The molecule has 0 aliphatic rings. The van der Waals surface area contributed by atoms with Gasteiger partial charge in [-0.1, -0.05) is 42.5 Å². The van der Waals surface area contributed by atoms with E-state index in [2.05, 4.69) is 21.7 Å². The largest absolute Gasteiger partial charge is 0.463 e. The first-order valence-corrected chi connectivity index (χ1v) is 9.24. The monoisotopic (exact) mass is 364 g/mol. The molecule has 130 valence electrons. The number of aryl methyl sites for hydroxylation is 1. The van der Waals surface area contributed by atoms with Crippen LogP contribution in [0.25, 0.3) is 11.5 Å². The summed E-state index contributed by atoms with van der Waals surface area (Å²) >= 11 is 1.48. The molecule has 0 atom stereocenters. The second-order valence-electron chi connectivity index (χ2n) is 5.83. The molecule has 0 amide bonds. The van der Waals surface area contributed by atoms with Crippen molar-refractivity contribution in [2.24, 2.45) is 4.99 Å². The maximum Gasteiger partial charge on any atom is 0.190 e. The van der Waals surface area contributed by atoms with Gasteiger partial charge >= 0.3 is 0 Å². The molecule has 2 heterocycles. The molecule has 0 aliphatic carbocycles. The molecule has 4 rings (SSSR count). The van der Waals surface area contributed by atoms with Crippen molar-refractivity contribution < 1.29 is 8.81 Å². The fourth-order valence-corrected chi connectivity index (χ4v) is 3.72. The summed E-state index contributed by atoms with van der Waals surface area (Å²) in [7, 11) is 0. The molecule has 0 unspecified atom stereocenters. The number of hydrogen-bond acceptors (Lipinski definition) is 3. The molecule has 26 heavy (non-hydrogen) atoms. The number of para-hydroxylation sites is 1. The Kier molecular flexibility index (Phi) is 4.80. The second kappa shape index (κ2) is 7.54. The first-order valence-electron chi connectivity index (χ1n) is 8.36. The van der Waals surface area contributed by atoms with E-state index in [0.717, 1.165) is 29.2 Å². The Morgan fingerprint density at radius 2 is 1.77 bits per heavy atom. The fraction of sp³-hybridized carbons (Fsp3) is 0.0952. The maximum absolute atomic E-state index is 14.0. The van der Waals surface area contributed by atoms with E-state index >= 15 is 0 Å². The van der Waals surface area contributed by atoms with Gasteiger partial charge in [-0.3, -0.25) is 0 Å². The zero-order valence-electron chi connectivity index (χ0n) is 14.0. The van der Waals surface area contributed by atoms with Crippen LogP contribution in [0.2, 0.25) is 0 Å². The summed E-state index contributed by atoms with van der Waals surface area (Å²) in [5, 5.41) is 2.00. The van der Waals surface area contributed by atoms with Crippen molar-refractivity contribution >= 4 is 17.0 Å². The number of hydrogen-bond donors (Lipinski definition) is 0. The number of rotatable bonds is 5. The zero-order chi connectivity index (χ0) is 17.8. The van der Waals surface area contributed by atoms with Gasteiger partial charge in [0.25, 0.3) is 0 Å². The molecule has 0 saturated carbocycles. The van der Waals surface area contributed by atoms with E-state index in [1.165, 1.54) is 23.0 Å². The molecule has 3 nitrogen and oxygen atoms in total. The summed E-state index contributed by atoms with van der Waals surface area (Å²) in [6.45, 7) is 0.733. The van der Waals surface area contributed by atoms with Crippen molar-refractivity contribution in [1.82, 2.24) is 4.57 Å². The first kappa shape index (κ1) is 16.5. The molecule has 0 bridgehead atoms. The third-order valence-corrected chi connectivity index (χ3v) is 4.97. The Labute approximate surface area is 154 Å². The van der Waals surface area contributed by atoms with Gasteiger partial charge in [-0.05, 0) is 36.2 Å². The van der Waals surface area contributed by atoms with Crippen LogP contribution in [0, 0.1) is 5.82 Å². The maximum atomic E-state index is 14.0. The number of nitrogens with zero attached hydrogens (tertiary/aromatic N) is 2. The molecule has 0 saturated heterocycles. The Hall–Kier alpha value is -2.92. The highest BCUT2D eigenvalue weighted by atomic mass is 32.1. The molecule has 0 radical (unpaired) electrons. The van der Waals surface area contributed by atoms with Crippen LogP contribution < -0.4 is 4.80 Å². The summed E-state index contributed by atoms with van der Waals surface area (Å²) in [4.78, 5) is 5.30. The van der Waals surface area contributed by atoms with Crippen LogP contribution in [0.4, 0.5) is 10.1 Å². The molecular formula is C21H17FN2OS. The third-order valence-electron chi connectivity index (χ3n) is 4.11. The van der Waals surface area contributed by atoms with Gasteiger partial charge in [0.05, 0.1) is 12.0 Å². The van der Waals surface area contributed by atoms with Crippen LogP contribution in [0.15, 0.2) is 87.8 Å². The van der Waals surface area contributed by atoms with E-state index in [9.17, 15) is 4.39 Å². The van der Waals surface area contributed by atoms with E-state index in [4.69, 9.17) is 4.42 Å². The van der Waals surface area contributed by atoms with Crippen LogP contribution in [-0.2, 0) is 13.0 Å². The summed E-state index contributed by atoms with van der Waals surface area (Å²) in [5.41, 5.74) is 2.54. The summed E-state index contributed by atoms with van der Waals surface area (Å²) < 4.78 is 21.7. The number of halogens is 1. The van der Waals surface area contributed by atoms with E-state index in [1.807, 2.05) is 35.7 Å². The van der Waals surface area contributed by atoms with Crippen molar-refractivity contribution in [3.63, 3.8) is 0 Å². The quantitative estimate of drug-likeness (QED) is 0.465. The van der Waals surface area contributed by atoms with Crippen molar-refractivity contribution in [3.05, 3.63) is 94.6 Å². The number of thiazole rings is 1. The summed E-state index contributed by atoms with van der Waals surface area (Å²) in [6, 6.07) is 20.6. The lowest BCUT2D eigenvalue weighted by Gasteiger charge is -2.08. The van der Waals surface area contributed by atoms with Crippen molar-refractivity contribution in [3.8, 4) is 11.5 Å². The van der Waals surface area contributed by atoms with Gasteiger partial charge in [0.15, 0.2) is 10.6 Å². The highest BCUT2D eigenvalue weighted by Gasteiger charge is 2.11. The fourth-order valence-electron chi connectivity index (χ4n) is 2.79. The smallest absolute Gasteiger partial charge is 0.190 e. The van der Waals surface area contributed by atoms with Crippen LogP contribution >= 0.6 is 11.3 Å². The highest BCUT2D eigenvalue weighted by molar-refractivity contribution is 7.07. The molecule has 2 aromatic carbocycles. The molecule has 0 N–H and O–H groups in total. The second-order valence-corrected chi connectivity index (χ2v) is 6.67. The molecule has 4 aromatic rings. The van der Waals surface area contributed by atoms with Crippen molar-refractivity contribution in [2.75, 3.05) is 0 Å². The van der Waals surface area contributed by atoms with Crippen LogP contribution in [0.1, 0.15) is 5.56 Å². The predicted octanol–water partition coefficient (Wildman–Crippen LogP) is 5.42. The topological polar surface area (TPSA) is 30.4 Å². The van der Waals surface area contributed by atoms with Gasteiger partial charge in [-0.2, -0.15) is 0 Å². The average molecular weight is 364 g/mol. The van der Waals surface area contributed by atoms with Crippen LogP contribution in [0.3, 0.4) is 0 Å². The van der Waals surface area contributed by atoms with Gasteiger partial charge in [0, 0.05) is 11.9 Å².